The van der Waals surface area contributed by atoms with Crippen LogP contribution in [0, 0.1) is 0 Å². The summed E-state index contributed by atoms with van der Waals surface area (Å²) in [4.78, 5) is 30.6. The average Bonchev–Trinajstić information content (AvgIpc) is 3.52. The van der Waals surface area contributed by atoms with Gasteiger partial charge in [-0.3, -0.25) is 19.9 Å². The van der Waals surface area contributed by atoms with E-state index in [-0.39, 0.29) is 5.91 Å². The molecule has 0 aliphatic carbocycles. The highest BCUT2D eigenvalue weighted by molar-refractivity contribution is 6.00. The van der Waals surface area contributed by atoms with Crippen LogP contribution in [0.1, 0.15) is 0 Å². The fraction of sp³-hybridized carbons (Fsp3) is 0.107. The molecule has 182 valence electrons. The van der Waals surface area contributed by atoms with Crippen molar-refractivity contribution in [1.29, 1.82) is 0 Å². The van der Waals surface area contributed by atoms with Crippen LogP contribution in [0.5, 0.6) is 0 Å². The highest BCUT2D eigenvalue weighted by atomic mass is 16.2. The molecule has 9 nitrogen and oxygen atoms in total. The Balaban J connectivity index is 1.38. The summed E-state index contributed by atoms with van der Waals surface area (Å²) in [5.74, 6) is -0.0883. The first-order chi connectivity index (χ1) is 18.0. The second kappa shape index (κ2) is 9.29. The van der Waals surface area contributed by atoms with E-state index < -0.39 is 0 Å². The van der Waals surface area contributed by atoms with Crippen LogP contribution < -0.4 is 5.32 Å². The summed E-state index contributed by atoms with van der Waals surface area (Å²) >= 11 is 0. The number of pyridine rings is 3. The summed E-state index contributed by atoms with van der Waals surface area (Å²) in [6.07, 6.45) is 8.85. The number of H-pyrrole nitrogens is 2. The predicted molar refractivity (Wildman–Crippen MR) is 145 cm³/mol. The van der Waals surface area contributed by atoms with Crippen LogP contribution in [-0.2, 0) is 4.79 Å². The second-order valence-electron chi connectivity index (χ2n) is 9.13. The maximum Gasteiger partial charge on any atom is 0.238 e. The van der Waals surface area contributed by atoms with Crippen molar-refractivity contribution in [3.05, 3.63) is 79.5 Å². The molecule has 0 fully saturated rings. The van der Waals surface area contributed by atoms with E-state index in [1.54, 1.807) is 24.8 Å². The lowest BCUT2D eigenvalue weighted by Crippen LogP contribution is -2.27. The Morgan fingerprint density at radius 1 is 0.919 bits per heavy atom. The number of nitrogens with zero attached hydrogens (tertiary/aromatic N) is 5. The Morgan fingerprint density at radius 3 is 2.65 bits per heavy atom. The number of hydrogen-bond acceptors (Lipinski definition) is 6. The smallest absolute Gasteiger partial charge is 0.238 e. The first-order valence-corrected chi connectivity index (χ1v) is 11.8. The maximum atomic E-state index is 12.2. The molecule has 0 radical (unpaired) electrons. The van der Waals surface area contributed by atoms with Gasteiger partial charge in [-0.2, -0.15) is 5.10 Å². The maximum absolute atomic E-state index is 12.2. The van der Waals surface area contributed by atoms with Gasteiger partial charge in [0.15, 0.2) is 0 Å². The lowest BCUT2D eigenvalue weighted by Gasteiger charge is -2.11. The fourth-order valence-electron chi connectivity index (χ4n) is 4.48. The molecule has 0 aliphatic heterocycles. The summed E-state index contributed by atoms with van der Waals surface area (Å²) in [6, 6.07) is 16.1. The molecule has 0 saturated heterocycles. The molecule has 0 bridgehead atoms. The number of rotatable bonds is 6. The first kappa shape index (κ1) is 22.6. The van der Waals surface area contributed by atoms with E-state index in [0.29, 0.717) is 12.2 Å². The van der Waals surface area contributed by atoms with Gasteiger partial charge in [0.2, 0.25) is 5.91 Å². The van der Waals surface area contributed by atoms with Crippen molar-refractivity contribution in [3.8, 4) is 33.6 Å². The molecule has 3 N–H and O–H groups in total. The van der Waals surface area contributed by atoms with Crippen LogP contribution in [0.4, 0.5) is 5.69 Å². The van der Waals surface area contributed by atoms with Crippen molar-refractivity contribution < 1.29 is 4.79 Å². The largest absolute Gasteiger partial charge is 0.338 e. The highest BCUT2D eigenvalue weighted by Gasteiger charge is 2.15. The number of hydrogen-bond donors (Lipinski definition) is 3. The number of aromatic nitrogens is 6. The van der Waals surface area contributed by atoms with E-state index in [1.165, 1.54) is 0 Å². The van der Waals surface area contributed by atoms with Gasteiger partial charge in [-0.15, -0.1) is 0 Å². The number of fused-ring (bicyclic) bond motifs is 2. The molecular formula is C28H24N8O. The minimum atomic E-state index is -0.0883. The van der Waals surface area contributed by atoms with Gasteiger partial charge in [-0.1, -0.05) is 12.1 Å². The van der Waals surface area contributed by atoms with Crippen LogP contribution in [0.3, 0.4) is 0 Å². The summed E-state index contributed by atoms with van der Waals surface area (Å²) in [6.45, 7) is 0.302. The van der Waals surface area contributed by atoms with Crippen molar-refractivity contribution in [2.24, 2.45) is 0 Å². The Labute approximate surface area is 212 Å². The molecule has 0 saturated carbocycles. The molecule has 0 aliphatic rings. The zero-order chi connectivity index (χ0) is 25.4. The molecule has 37 heavy (non-hydrogen) atoms. The van der Waals surface area contributed by atoms with Crippen molar-refractivity contribution >= 4 is 33.5 Å². The van der Waals surface area contributed by atoms with Crippen molar-refractivity contribution in [3.63, 3.8) is 0 Å². The molecule has 0 atom stereocenters. The van der Waals surface area contributed by atoms with Gasteiger partial charge in [0, 0.05) is 46.7 Å². The van der Waals surface area contributed by atoms with E-state index in [2.05, 4.69) is 47.6 Å². The third-order valence-electron chi connectivity index (χ3n) is 6.14. The van der Waals surface area contributed by atoms with Crippen LogP contribution >= 0.6 is 0 Å². The van der Waals surface area contributed by atoms with E-state index in [1.807, 2.05) is 61.6 Å². The number of carbonyl (C=O) groups excluding carboxylic acids is 1. The molecule has 1 amide bonds. The number of benzene rings is 1. The van der Waals surface area contributed by atoms with Gasteiger partial charge in [0.25, 0.3) is 0 Å². The topological polar surface area (TPSA) is 115 Å². The van der Waals surface area contributed by atoms with Gasteiger partial charge >= 0.3 is 0 Å². The van der Waals surface area contributed by atoms with Crippen molar-refractivity contribution in [2.45, 2.75) is 0 Å². The SMILES string of the molecule is CN(C)CC(=O)Nc1cncc(-c2ccc3[nH]nc(-c4cc5c(-c6cccnc6)ccnc5[nH]4)c3c2)c1. The third-order valence-corrected chi connectivity index (χ3v) is 6.14. The Morgan fingerprint density at radius 2 is 1.81 bits per heavy atom. The highest BCUT2D eigenvalue weighted by Crippen LogP contribution is 2.34. The molecule has 6 rings (SSSR count). The Bertz CT molecular complexity index is 1740. The van der Waals surface area contributed by atoms with E-state index in [9.17, 15) is 4.79 Å². The minimum absolute atomic E-state index is 0.0883. The standard InChI is InChI=1S/C28H24N8O/c1-36(2)16-26(37)32-20-10-19(14-30-15-20)17-5-6-24-23(11-17)27(35-34-24)25-12-22-21(7-9-31-28(22)33-25)18-4-3-8-29-13-18/h3-15H,16H2,1-2H3,(H,31,33)(H,32,37)(H,34,35). The molecule has 0 unspecified atom stereocenters. The van der Waals surface area contributed by atoms with Crippen LogP contribution in [0.25, 0.3) is 55.6 Å². The monoisotopic (exact) mass is 488 g/mol. The van der Waals surface area contributed by atoms with E-state index in [0.717, 1.165) is 55.6 Å². The lowest BCUT2D eigenvalue weighted by molar-refractivity contribution is -0.116. The molecule has 0 spiro atoms. The summed E-state index contributed by atoms with van der Waals surface area (Å²) in [5.41, 5.74) is 7.97. The minimum Gasteiger partial charge on any atom is -0.338 e. The van der Waals surface area contributed by atoms with Crippen LogP contribution in [0.2, 0.25) is 0 Å². The van der Waals surface area contributed by atoms with Gasteiger partial charge in [0.05, 0.1) is 29.6 Å². The average molecular weight is 489 g/mol. The van der Waals surface area contributed by atoms with Crippen molar-refractivity contribution in [1.82, 2.24) is 35.0 Å². The number of likely N-dealkylation sites (N-methyl/N-ethyl adjacent to an activating group) is 1. The van der Waals surface area contributed by atoms with Gasteiger partial charge < -0.3 is 15.2 Å². The number of aromatic amines is 2. The van der Waals surface area contributed by atoms with Crippen LogP contribution in [-0.4, -0.2) is 61.6 Å². The lowest BCUT2D eigenvalue weighted by atomic mass is 10.0. The normalized spacial score (nSPS) is 11.4. The zero-order valence-electron chi connectivity index (χ0n) is 20.4. The first-order valence-electron chi connectivity index (χ1n) is 11.8. The molecule has 6 aromatic rings. The van der Waals surface area contributed by atoms with E-state index in [4.69, 9.17) is 0 Å². The van der Waals surface area contributed by atoms with Gasteiger partial charge in [-0.25, -0.2) is 4.98 Å². The molecular weight excluding hydrogens is 464 g/mol. The van der Waals surface area contributed by atoms with E-state index >= 15 is 0 Å². The fourth-order valence-corrected chi connectivity index (χ4v) is 4.48. The zero-order valence-corrected chi connectivity index (χ0v) is 20.4. The summed E-state index contributed by atoms with van der Waals surface area (Å²) in [7, 11) is 3.71. The number of anilines is 1. The Hall–Kier alpha value is -4.89. The van der Waals surface area contributed by atoms with Crippen molar-refractivity contribution in [2.75, 3.05) is 26.0 Å². The number of amides is 1. The molecule has 5 heterocycles. The predicted octanol–water partition coefficient (Wildman–Crippen LogP) is 4.73. The summed E-state index contributed by atoms with van der Waals surface area (Å²) in [5, 5.41) is 12.6. The molecule has 9 heteroatoms. The van der Waals surface area contributed by atoms with Crippen LogP contribution in [0.15, 0.2) is 79.5 Å². The summed E-state index contributed by atoms with van der Waals surface area (Å²) < 4.78 is 0. The number of nitrogens with one attached hydrogen (secondary N) is 3. The van der Waals surface area contributed by atoms with Gasteiger partial charge in [-0.05, 0) is 61.6 Å². The third kappa shape index (κ3) is 4.43. The molecule has 5 aromatic heterocycles. The number of carbonyl (C=O) groups is 1. The van der Waals surface area contributed by atoms with Gasteiger partial charge in [0.1, 0.15) is 11.3 Å². The quantitative estimate of drug-likeness (QED) is 0.312. The Kier molecular flexibility index (Phi) is 5.66. The molecule has 1 aromatic carbocycles. The second-order valence-corrected chi connectivity index (χ2v) is 9.13.